The maximum atomic E-state index is 9.62. The Morgan fingerprint density at radius 1 is 0.933 bits per heavy atom. The van der Waals surface area contributed by atoms with E-state index in [9.17, 15) is 5.11 Å². The SMILES string of the molecule is Oc1ccccc1Cc1ccc(Br)cc1. The van der Waals surface area contributed by atoms with E-state index >= 15 is 0 Å². The highest BCUT2D eigenvalue weighted by atomic mass is 79.9. The molecular formula is C13H11BrO. The lowest BCUT2D eigenvalue weighted by atomic mass is 10.0. The Balaban J connectivity index is 2.22. The number of aromatic hydroxyl groups is 1. The third-order valence-corrected chi connectivity index (χ3v) is 2.83. The lowest BCUT2D eigenvalue weighted by molar-refractivity contribution is 0.469. The highest BCUT2D eigenvalue weighted by Crippen LogP contribution is 2.20. The lowest BCUT2D eigenvalue weighted by Gasteiger charge is -2.04. The zero-order valence-corrected chi connectivity index (χ0v) is 9.74. The van der Waals surface area contributed by atoms with Crippen LogP contribution in [0, 0.1) is 0 Å². The van der Waals surface area contributed by atoms with Crippen LogP contribution in [0.2, 0.25) is 0 Å². The van der Waals surface area contributed by atoms with Crippen LogP contribution in [0.4, 0.5) is 0 Å². The molecule has 0 unspecified atom stereocenters. The summed E-state index contributed by atoms with van der Waals surface area (Å²) in [6, 6.07) is 15.6. The van der Waals surface area contributed by atoms with Crippen LogP contribution in [0.15, 0.2) is 53.0 Å². The number of halogens is 1. The van der Waals surface area contributed by atoms with Crippen LogP contribution in [0.3, 0.4) is 0 Å². The molecule has 1 nitrogen and oxygen atoms in total. The van der Waals surface area contributed by atoms with Crippen molar-refractivity contribution in [2.24, 2.45) is 0 Å². The number of phenolic OH excluding ortho intramolecular Hbond substituents is 1. The zero-order chi connectivity index (χ0) is 10.7. The Bertz CT molecular complexity index is 448. The van der Waals surface area contributed by atoms with Crippen molar-refractivity contribution in [2.45, 2.75) is 6.42 Å². The number of rotatable bonds is 2. The van der Waals surface area contributed by atoms with Crippen molar-refractivity contribution in [2.75, 3.05) is 0 Å². The average Bonchev–Trinajstić information content (AvgIpc) is 2.25. The summed E-state index contributed by atoms with van der Waals surface area (Å²) in [4.78, 5) is 0. The second kappa shape index (κ2) is 4.49. The van der Waals surface area contributed by atoms with E-state index in [1.807, 2.05) is 30.3 Å². The van der Waals surface area contributed by atoms with Crippen molar-refractivity contribution < 1.29 is 5.11 Å². The molecule has 0 atom stereocenters. The standard InChI is InChI=1S/C13H11BrO/c14-12-7-5-10(6-8-12)9-11-3-1-2-4-13(11)15/h1-8,15H,9H2. The fourth-order valence-electron chi connectivity index (χ4n) is 1.48. The minimum Gasteiger partial charge on any atom is -0.508 e. The first-order valence-electron chi connectivity index (χ1n) is 4.77. The van der Waals surface area contributed by atoms with E-state index in [4.69, 9.17) is 0 Å². The summed E-state index contributed by atoms with van der Waals surface area (Å²) in [6.07, 6.45) is 0.764. The maximum absolute atomic E-state index is 9.62. The summed E-state index contributed by atoms with van der Waals surface area (Å²) in [5.74, 6) is 0.361. The van der Waals surface area contributed by atoms with Gasteiger partial charge in [-0.05, 0) is 29.3 Å². The minimum atomic E-state index is 0.361. The van der Waals surface area contributed by atoms with Gasteiger partial charge in [0.15, 0.2) is 0 Å². The highest BCUT2D eigenvalue weighted by Gasteiger charge is 2.00. The number of hydrogen-bond acceptors (Lipinski definition) is 1. The first-order chi connectivity index (χ1) is 7.25. The summed E-state index contributed by atoms with van der Waals surface area (Å²) >= 11 is 3.40. The van der Waals surface area contributed by atoms with Crippen molar-refractivity contribution >= 4 is 15.9 Å². The molecule has 0 bridgehead atoms. The second-order valence-electron chi connectivity index (χ2n) is 3.43. The zero-order valence-electron chi connectivity index (χ0n) is 8.15. The van der Waals surface area contributed by atoms with Gasteiger partial charge in [0.2, 0.25) is 0 Å². The molecule has 0 heterocycles. The molecule has 15 heavy (non-hydrogen) atoms. The van der Waals surface area contributed by atoms with E-state index in [0.717, 1.165) is 16.5 Å². The Kier molecular flexibility index (Phi) is 3.07. The Labute approximate surface area is 97.5 Å². The molecular weight excluding hydrogens is 252 g/mol. The summed E-state index contributed by atoms with van der Waals surface area (Å²) < 4.78 is 1.07. The van der Waals surface area contributed by atoms with Gasteiger partial charge in [-0.15, -0.1) is 0 Å². The molecule has 0 spiro atoms. The van der Waals surface area contributed by atoms with Crippen molar-refractivity contribution in [3.63, 3.8) is 0 Å². The quantitative estimate of drug-likeness (QED) is 0.874. The van der Waals surface area contributed by atoms with Gasteiger partial charge >= 0.3 is 0 Å². The van der Waals surface area contributed by atoms with Gasteiger partial charge in [-0.3, -0.25) is 0 Å². The van der Waals surface area contributed by atoms with E-state index in [1.54, 1.807) is 6.07 Å². The van der Waals surface area contributed by atoms with E-state index in [1.165, 1.54) is 5.56 Å². The van der Waals surface area contributed by atoms with E-state index in [-0.39, 0.29) is 0 Å². The smallest absolute Gasteiger partial charge is 0.119 e. The fraction of sp³-hybridized carbons (Fsp3) is 0.0769. The van der Waals surface area contributed by atoms with Crippen molar-refractivity contribution in [1.29, 1.82) is 0 Å². The fourth-order valence-corrected chi connectivity index (χ4v) is 1.75. The molecule has 0 amide bonds. The van der Waals surface area contributed by atoms with Gasteiger partial charge in [0.1, 0.15) is 5.75 Å². The van der Waals surface area contributed by atoms with Gasteiger partial charge in [0.05, 0.1) is 0 Å². The van der Waals surface area contributed by atoms with Crippen LogP contribution in [0.1, 0.15) is 11.1 Å². The third-order valence-electron chi connectivity index (χ3n) is 2.30. The van der Waals surface area contributed by atoms with Crippen LogP contribution < -0.4 is 0 Å². The largest absolute Gasteiger partial charge is 0.508 e. The van der Waals surface area contributed by atoms with Crippen molar-refractivity contribution in [1.82, 2.24) is 0 Å². The minimum absolute atomic E-state index is 0.361. The summed E-state index contributed by atoms with van der Waals surface area (Å²) in [5, 5.41) is 9.62. The van der Waals surface area contributed by atoms with Gasteiger partial charge < -0.3 is 5.11 Å². The van der Waals surface area contributed by atoms with Crippen LogP contribution in [0.25, 0.3) is 0 Å². The maximum Gasteiger partial charge on any atom is 0.119 e. The monoisotopic (exact) mass is 262 g/mol. The van der Waals surface area contributed by atoms with E-state index in [2.05, 4.69) is 28.1 Å². The molecule has 0 fully saturated rings. The number of benzene rings is 2. The molecule has 0 radical (unpaired) electrons. The first-order valence-corrected chi connectivity index (χ1v) is 5.56. The molecule has 2 rings (SSSR count). The topological polar surface area (TPSA) is 20.2 Å². The Morgan fingerprint density at radius 2 is 1.60 bits per heavy atom. The molecule has 0 saturated carbocycles. The lowest BCUT2D eigenvalue weighted by Crippen LogP contribution is -1.87. The predicted octanol–water partition coefficient (Wildman–Crippen LogP) is 3.75. The van der Waals surface area contributed by atoms with E-state index in [0.29, 0.717) is 5.75 Å². The van der Waals surface area contributed by atoms with Gasteiger partial charge in [-0.1, -0.05) is 46.3 Å². The number of hydrogen-bond donors (Lipinski definition) is 1. The summed E-state index contributed by atoms with van der Waals surface area (Å²) in [6.45, 7) is 0. The molecule has 76 valence electrons. The molecule has 2 aromatic rings. The average molecular weight is 263 g/mol. The molecule has 0 saturated heterocycles. The number of phenols is 1. The first kappa shape index (κ1) is 10.2. The Morgan fingerprint density at radius 3 is 2.27 bits per heavy atom. The second-order valence-corrected chi connectivity index (χ2v) is 4.35. The Hall–Kier alpha value is -1.28. The van der Waals surface area contributed by atoms with Gasteiger partial charge in [-0.25, -0.2) is 0 Å². The van der Waals surface area contributed by atoms with Crippen molar-refractivity contribution in [3.8, 4) is 5.75 Å². The summed E-state index contributed by atoms with van der Waals surface area (Å²) in [7, 11) is 0. The van der Waals surface area contributed by atoms with Crippen LogP contribution in [-0.2, 0) is 6.42 Å². The van der Waals surface area contributed by atoms with Gasteiger partial charge in [0.25, 0.3) is 0 Å². The molecule has 0 aliphatic rings. The van der Waals surface area contributed by atoms with Gasteiger partial charge in [0, 0.05) is 10.9 Å². The molecule has 0 aliphatic carbocycles. The summed E-state index contributed by atoms with van der Waals surface area (Å²) in [5.41, 5.74) is 2.15. The molecule has 2 aromatic carbocycles. The highest BCUT2D eigenvalue weighted by molar-refractivity contribution is 9.10. The van der Waals surface area contributed by atoms with Crippen LogP contribution in [-0.4, -0.2) is 5.11 Å². The van der Waals surface area contributed by atoms with Crippen LogP contribution >= 0.6 is 15.9 Å². The van der Waals surface area contributed by atoms with Crippen molar-refractivity contribution in [3.05, 3.63) is 64.1 Å². The molecule has 0 aromatic heterocycles. The number of para-hydroxylation sites is 1. The van der Waals surface area contributed by atoms with E-state index < -0.39 is 0 Å². The normalized spacial score (nSPS) is 10.2. The molecule has 1 N–H and O–H groups in total. The molecule has 0 aliphatic heterocycles. The third kappa shape index (κ3) is 2.60. The van der Waals surface area contributed by atoms with Crippen LogP contribution in [0.5, 0.6) is 5.75 Å². The molecule has 2 heteroatoms. The van der Waals surface area contributed by atoms with Gasteiger partial charge in [-0.2, -0.15) is 0 Å². The predicted molar refractivity (Wildman–Crippen MR) is 65.1 cm³/mol.